The molecule has 9 rings (SSSR count). The van der Waals surface area contributed by atoms with E-state index in [1.807, 2.05) is 85.2 Å². The van der Waals surface area contributed by atoms with Crippen LogP contribution in [-0.4, -0.2) is 15.0 Å². The minimum absolute atomic E-state index is 0. The Balaban J connectivity index is 0.000000284. The molecule has 1 radical (unpaired) electrons. The van der Waals surface area contributed by atoms with Crippen LogP contribution >= 0.6 is 0 Å². The Hall–Kier alpha value is -6.06. The molecule has 0 saturated heterocycles. The molecule has 53 heavy (non-hydrogen) atoms. The van der Waals surface area contributed by atoms with Crippen LogP contribution in [0.25, 0.3) is 77.6 Å². The predicted molar refractivity (Wildman–Crippen MR) is 216 cm³/mol. The van der Waals surface area contributed by atoms with E-state index in [0.29, 0.717) is 0 Å². The van der Waals surface area contributed by atoms with Crippen molar-refractivity contribution in [2.75, 3.05) is 0 Å². The maximum atomic E-state index is 4.76. The van der Waals surface area contributed by atoms with Crippen LogP contribution in [0.5, 0.6) is 0 Å². The fraction of sp³-hybridized carbons (Fsp3) is 0.0408. The van der Waals surface area contributed by atoms with Crippen LogP contribution < -0.4 is 0 Å². The Morgan fingerprint density at radius 3 is 1.89 bits per heavy atom. The summed E-state index contributed by atoms with van der Waals surface area (Å²) in [6.07, 6.45) is 5.50. The van der Waals surface area contributed by atoms with E-state index < -0.39 is 0 Å². The Kier molecular flexibility index (Phi) is 10.7. The van der Waals surface area contributed by atoms with Gasteiger partial charge in [-0.3, -0.25) is 4.98 Å². The second kappa shape index (κ2) is 16.1. The average Bonchev–Trinajstić information content (AvgIpc) is 3.22. The molecule has 6 aromatic carbocycles. The summed E-state index contributed by atoms with van der Waals surface area (Å²) in [5, 5.41) is 3.62. The molecule has 3 heterocycles. The topological polar surface area (TPSA) is 38.7 Å². The Bertz CT molecular complexity index is 2590. The first-order valence-electron chi connectivity index (χ1n) is 17.4. The Labute approximate surface area is 324 Å². The zero-order chi connectivity index (χ0) is 35.3. The maximum Gasteiger partial charge on any atom is 0.0714 e. The Morgan fingerprint density at radius 2 is 1.15 bits per heavy atom. The van der Waals surface area contributed by atoms with Gasteiger partial charge >= 0.3 is 0 Å². The minimum Gasteiger partial charge on any atom is -0.305 e. The molecule has 4 heteroatoms. The number of aryl methyl sites for hydroxylation is 1. The van der Waals surface area contributed by atoms with Crippen molar-refractivity contribution >= 4 is 21.7 Å². The van der Waals surface area contributed by atoms with Crippen LogP contribution in [0.2, 0.25) is 0 Å². The summed E-state index contributed by atoms with van der Waals surface area (Å²) < 4.78 is 0. The second-order valence-electron chi connectivity index (χ2n) is 12.7. The number of rotatable bonds is 5. The number of hydrogen-bond acceptors (Lipinski definition) is 3. The monoisotopic (exact) mass is 858 g/mol. The van der Waals surface area contributed by atoms with Gasteiger partial charge in [-0.2, -0.15) is 0 Å². The van der Waals surface area contributed by atoms with Crippen LogP contribution in [-0.2, 0) is 20.1 Å². The van der Waals surface area contributed by atoms with Gasteiger partial charge in [-0.05, 0) is 105 Å². The van der Waals surface area contributed by atoms with E-state index in [4.69, 9.17) is 4.98 Å². The molecule has 0 aliphatic rings. The van der Waals surface area contributed by atoms with Crippen LogP contribution in [0, 0.1) is 26.0 Å². The normalized spacial score (nSPS) is 10.7. The molecule has 9 aromatic rings. The van der Waals surface area contributed by atoms with Gasteiger partial charge in [-0.15, -0.1) is 71.3 Å². The molecule has 0 N–H and O–H groups in total. The van der Waals surface area contributed by atoms with Gasteiger partial charge in [-0.25, -0.2) is 0 Å². The Morgan fingerprint density at radius 1 is 0.434 bits per heavy atom. The number of benzene rings is 6. The third-order valence-corrected chi connectivity index (χ3v) is 9.47. The van der Waals surface area contributed by atoms with Crippen LogP contribution in [0.3, 0.4) is 0 Å². The standard InChI is InChI=1S/C38H27N2.C11H8N.Ir/c1-25-16-18-31(26(2)38(25)30-13-8-12-29(22-30)36-15-6-7-20-39-36)35-24-37-33(14-9-21-40-37)32-19-17-28(23-34(32)35)27-10-4-3-5-11-27;1-2-6-10(7-3-1)11-8-4-5-9-12-11;/h3-11,13-24H,1-2H3;1-6,8-9H;/q2*-1;. The predicted octanol–water partition coefficient (Wildman–Crippen LogP) is 12.4. The van der Waals surface area contributed by atoms with E-state index >= 15 is 0 Å². The number of nitrogens with zero attached hydrogens (tertiary/aromatic N) is 3. The average molecular weight is 858 g/mol. The third kappa shape index (κ3) is 7.47. The molecule has 257 valence electrons. The van der Waals surface area contributed by atoms with Crippen LogP contribution in [0.4, 0.5) is 0 Å². The second-order valence-corrected chi connectivity index (χ2v) is 12.7. The summed E-state index contributed by atoms with van der Waals surface area (Å²) in [5.41, 5.74) is 14.7. The van der Waals surface area contributed by atoms with Gasteiger partial charge in [0.2, 0.25) is 0 Å². The van der Waals surface area contributed by atoms with Crippen molar-refractivity contribution in [2.45, 2.75) is 13.8 Å². The smallest absolute Gasteiger partial charge is 0.0714 e. The molecule has 0 atom stereocenters. The molecule has 0 saturated carbocycles. The summed E-state index contributed by atoms with van der Waals surface area (Å²) in [6, 6.07) is 60.9. The SMILES string of the molecule is Cc1ccc(-c2cc3ncccc3c3ccc(-c4ccccc4)cc23)c(C)c1-c1cc[c-]c(-c2ccccn2)c1.[Ir].[c-]1ccccc1-c1ccccn1. The van der Waals surface area contributed by atoms with E-state index in [9.17, 15) is 0 Å². The first-order chi connectivity index (χ1) is 25.6. The summed E-state index contributed by atoms with van der Waals surface area (Å²) in [7, 11) is 0. The molecule has 3 nitrogen and oxygen atoms in total. The van der Waals surface area contributed by atoms with Crippen molar-refractivity contribution < 1.29 is 20.1 Å². The van der Waals surface area contributed by atoms with Gasteiger partial charge in [0.15, 0.2) is 0 Å². The fourth-order valence-corrected chi connectivity index (χ4v) is 6.96. The van der Waals surface area contributed by atoms with E-state index in [1.54, 1.807) is 6.20 Å². The quantitative estimate of drug-likeness (QED) is 0.128. The molecular formula is C49H35IrN3-2. The molecule has 3 aromatic heterocycles. The van der Waals surface area contributed by atoms with Gasteiger partial charge in [0.25, 0.3) is 0 Å². The van der Waals surface area contributed by atoms with Crippen molar-refractivity contribution in [3.05, 3.63) is 200 Å². The molecule has 0 aliphatic carbocycles. The van der Waals surface area contributed by atoms with Gasteiger partial charge in [0.05, 0.1) is 5.52 Å². The van der Waals surface area contributed by atoms with E-state index in [2.05, 4.69) is 121 Å². The molecule has 0 spiro atoms. The van der Waals surface area contributed by atoms with E-state index in [-0.39, 0.29) is 20.1 Å². The molecule has 0 fully saturated rings. The van der Waals surface area contributed by atoms with Crippen LogP contribution in [0.15, 0.2) is 176 Å². The van der Waals surface area contributed by atoms with E-state index in [1.165, 1.54) is 60.7 Å². The minimum atomic E-state index is 0. The first-order valence-corrected chi connectivity index (χ1v) is 17.4. The number of hydrogen-bond donors (Lipinski definition) is 0. The largest absolute Gasteiger partial charge is 0.305 e. The van der Waals surface area contributed by atoms with Crippen molar-refractivity contribution in [1.29, 1.82) is 0 Å². The molecular weight excluding hydrogens is 823 g/mol. The van der Waals surface area contributed by atoms with Crippen molar-refractivity contribution in [2.24, 2.45) is 0 Å². The zero-order valence-electron chi connectivity index (χ0n) is 29.4. The van der Waals surface area contributed by atoms with Gasteiger partial charge < -0.3 is 9.97 Å². The van der Waals surface area contributed by atoms with Crippen molar-refractivity contribution in [1.82, 2.24) is 15.0 Å². The van der Waals surface area contributed by atoms with Gasteiger partial charge in [0, 0.05) is 44.1 Å². The summed E-state index contributed by atoms with van der Waals surface area (Å²) in [6.45, 7) is 4.43. The molecule has 0 amide bonds. The molecule has 0 unspecified atom stereocenters. The summed E-state index contributed by atoms with van der Waals surface area (Å²) in [5.74, 6) is 0. The first kappa shape index (κ1) is 35.3. The van der Waals surface area contributed by atoms with E-state index in [0.717, 1.165) is 28.0 Å². The molecule has 0 aliphatic heterocycles. The van der Waals surface area contributed by atoms with Crippen molar-refractivity contribution in [3.8, 4) is 55.9 Å². The number of aromatic nitrogens is 3. The van der Waals surface area contributed by atoms with Crippen molar-refractivity contribution in [3.63, 3.8) is 0 Å². The summed E-state index contributed by atoms with van der Waals surface area (Å²) >= 11 is 0. The summed E-state index contributed by atoms with van der Waals surface area (Å²) in [4.78, 5) is 13.5. The number of pyridine rings is 3. The van der Waals surface area contributed by atoms with Crippen LogP contribution in [0.1, 0.15) is 11.1 Å². The van der Waals surface area contributed by atoms with Gasteiger partial charge in [0.1, 0.15) is 0 Å². The fourth-order valence-electron chi connectivity index (χ4n) is 6.96. The zero-order valence-corrected chi connectivity index (χ0v) is 31.8. The third-order valence-electron chi connectivity index (χ3n) is 9.47. The molecule has 0 bridgehead atoms. The number of fused-ring (bicyclic) bond motifs is 3. The maximum absolute atomic E-state index is 4.76. The van der Waals surface area contributed by atoms with Gasteiger partial charge in [-0.1, -0.05) is 84.9 Å².